The van der Waals surface area contributed by atoms with Crippen LogP contribution in [0.5, 0.6) is 0 Å². The van der Waals surface area contributed by atoms with Gasteiger partial charge >= 0.3 is 0 Å². The van der Waals surface area contributed by atoms with Crippen molar-refractivity contribution in [2.24, 2.45) is 0 Å². The summed E-state index contributed by atoms with van der Waals surface area (Å²) in [6.07, 6.45) is 7.31. The summed E-state index contributed by atoms with van der Waals surface area (Å²) in [7, 11) is -1.04. The number of aromatic nitrogens is 2. The van der Waals surface area contributed by atoms with Crippen LogP contribution in [0.2, 0.25) is 5.02 Å². The van der Waals surface area contributed by atoms with E-state index < -0.39 is 10.8 Å². The highest BCUT2D eigenvalue weighted by atomic mass is 35.5. The normalized spacial score (nSPS) is 35.4. The van der Waals surface area contributed by atoms with Gasteiger partial charge in [0.1, 0.15) is 10.7 Å². The molecule has 0 spiro atoms. The monoisotopic (exact) mass is 470 g/mol. The summed E-state index contributed by atoms with van der Waals surface area (Å²) in [5.74, 6) is 2.37. The van der Waals surface area contributed by atoms with Gasteiger partial charge in [-0.3, -0.25) is 4.21 Å². The van der Waals surface area contributed by atoms with Crippen molar-refractivity contribution < 1.29 is 9.32 Å². The Morgan fingerprint density at radius 2 is 1.88 bits per heavy atom. The standard InChI is InChI=1S/C24H27ClN4O2S/c25-15-4-2-13(3-5-15)14-8-16-10-17(9-14)29(16)23-26-20-18-11-19(18)32(31)21(20)22(27-23)28-24(12-30)6-1-7-24/h2-5,14,16-19,30H,1,6-12H2,(H,26,27,28)/t14?,16?,17?,18?,19?,32-/m0/s1. The van der Waals surface area contributed by atoms with Gasteiger partial charge in [0.15, 0.2) is 0 Å². The fourth-order valence-electron chi connectivity index (χ4n) is 6.34. The fourth-order valence-corrected chi connectivity index (χ4v) is 8.27. The Morgan fingerprint density at radius 1 is 1.12 bits per heavy atom. The van der Waals surface area contributed by atoms with Gasteiger partial charge < -0.3 is 15.3 Å². The van der Waals surface area contributed by atoms with Crippen molar-refractivity contribution in [3.8, 4) is 0 Å². The topological polar surface area (TPSA) is 78.3 Å². The van der Waals surface area contributed by atoms with Crippen LogP contribution in [-0.2, 0) is 10.8 Å². The van der Waals surface area contributed by atoms with Crippen LogP contribution >= 0.6 is 11.6 Å². The molecule has 2 bridgehead atoms. The maximum Gasteiger partial charge on any atom is 0.228 e. The van der Waals surface area contributed by atoms with Crippen LogP contribution < -0.4 is 10.2 Å². The van der Waals surface area contributed by atoms with Crippen LogP contribution in [0.25, 0.3) is 0 Å². The molecule has 0 radical (unpaired) electrons. The van der Waals surface area contributed by atoms with E-state index in [0.29, 0.717) is 29.7 Å². The first-order chi connectivity index (χ1) is 15.5. The second kappa shape index (κ2) is 6.90. The highest BCUT2D eigenvalue weighted by molar-refractivity contribution is 7.86. The molecule has 2 N–H and O–H groups in total. The van der Waals surface area contributed by atoms with E-state index in [0.717, 1.165) is 60.1 Å². The molecule has 4 heterocycles. The lowest BCUT2D eigenvalue weighted by molar-refractivity contribution is 0.143. The molecule has 2 saturated heterocycles. The smallest absolute Gasteiger partial charge is 0.228 e. The fraction of sp³-hybridized carbons (Fsp3) is 0.583. The number of hydrogen-bond acceptors (Lipinski definition) is 6. The minimum Gasteiger partial charge on any atom is -0.394 e. The summed E-state index contributed by atoms with van der Waals surface area (Å²) in [5.41, 5.74) is 2.04. The van der Waals surface area contributed by atoms with E-state index in [4.69, 9.17) is 21.6 Å². The largest absolute Gasteiger partial charge is 0.394 e. The maximum atomic E-state index is 13.0. The molecular weight excluding hydrogens is 444 g/mol. The second-order valence-electron chi connectivity index (χ2n) is 10.4. The summed E-state index contributed by atoms with van der Waals surface area (Å²) in [5, 5.41) is 14.5. The van der Waals surface area contributed by atoms with E-state index in [9.17, 15) is 9.32 Å². The number of benzene rings is 1. The molecule has 1 aromatic carbocycles. The number of anilines is 2. The molecule has 3 aliphatic carbocycles. The van der Waals surface area contributed by atoms with E-state index in [1.54, 1.807) is 0 Å². The quantitative estimate of drug-likeness (QED) is 0.688. The molecule has 8 rings (SSSR count). The van der Waals surface area contributed by atoms with Crippen LogP contribution in [0, 0.1) is 0 Å². The number of aliphatic hydroxyl groups excluding tert-OH is 1. The molecule has 4 unspecified atom stereocenters. The number of rotatable bonds is 5. The molecule has 168 valence electrons. The number of piperidine rings is 1. The lowest BCUT2D eigenvalue weighted by Gasteiger charge is -2.55. The summed E-state index contributed by atoms with van der Waals surface area (Å²) in [6.45, 7) is 0.0817. The molecule has 6 nitrogen and oxygen atoms in total. The zero-order valence-electron chi connectivity index (χ0n) is 17.8. The SMILES string of the molecule is O=[S@@]1c2c(NC3(CO)CCC3)nc(N3C4CC(c5ccc(Cl)cc5)CC3C4)nc2C2CC21. The van der Waals surface area contributed by atoms with Gasteiger partial charge in [0, 0.05) is 28.3 Å². The molecule has 32 heavy (non-hydrogen) atoms. The molecule has 3 aliphatic heterocycles. The number of aliphatic hydroxyl groups is 1. The minimum atomic E-state index is -1.04. The second-order valence-corrected chi connectivity index (χ2v) is 12.4. The third kappa shape index (κ3) is 2.83. The van der Waals surface area contributed by atoms with E-state index >= 15 is 0 Å². The molecule has 6 aliphatic rings. The van der Waals surface area contributed by atoms with E-state index in [-0.39, 0.29) is 17.4 Å². The van der Waals surface area contributed by atoms with Gasteiger partial charge in [0.2, 0.25) is 5.95 Å². The first-order valence-corrected chi connectivity index (χ1v) is 13.4. The Balaban J connectivity index is 1.20. The van der Waals surface area contributed by atoms with Crippen molar-refractivity contribution in [1.29, 1.82) is 0 Å². The third-order valence-electron chi connectivity index (χ3n) is 8.45. The van der Waals surface area contributed by atoms with Gasteiger partial charge in [-0.05, 0) is 68.6 Å². The molecule has 1 aromatic heterocycles. The Kier molecular flexibility index (Phi) is 4.26. The molecule has 5 fully saturated rings. The summed E-state index contributed by atoms with van der Waals surface area (Å²) in [4.78, 5) is 13.2. The minimum absolute atomic E-state index is 0.0817. The molecule has 0 amide bonds. The Hall–Kier alpha value is -1.70. The van der Waals surface area contributed by atoms with E-state index in [2.05, 4.69) is 22.3 Å². The Labute approximate surface area is 195 Å². The number of fused-ring (bicyclic) bond motifs is 5. The van der Waals surface area contributed by atoms with Crippen molar-refractivity contribution in [3.63, 3.8) is 0 Å². The number of nitrogens with zero attached hydrogens (tertiary/aromatic N) is 3. The van der Waals surface area contributed by atoms with Crippen LogP contribution in [0.1, 0.15) is 68.0 Å². The zero-order chi connectivity index (χ0) is 21.6. The van der Waals surface area contributed by atoms with E-state index in [1.165, 1.54) is 12.0 Å². The summed E-state index contributed by atoms with van der Waals surface area (Å²) in [6, 6.07) is 9.17. The maximum absolute atomic E-state index is 13.0. The van der Waals surface area contributed by atoms with Crippen molar-refractivity contribution in [1.82, 2.24) is 9.97 Å². The molecule has 2 aromatic rings. The molecule has 8 heteroatoms. The third-order valence-corrected chi connectivity index (χ3v) is 10.6. The molecule has 5 atom stereocenters. The van der Waals surface area contributed by atoms with Crippen LogP contribution in [-0.4, -0.2) is 48.8 Å². The van der Waals surface area contributed by atoms with Crippen molar-refractivity contribution in [3.05, 3.63) is 40.5 Å². The average molecular weight is 471 g/mol. The molecule has 3 saturated carbocycles. The van der Waals surface area contributed by atoms with Crippen molar-refractivity contribution in [2.45, 2.75) is 84.5 Å². The van der Waals surface area contributed by atoms with E-state index in [1.807, 2.05) is 12.1 Å². The van der Waals surface area contributed by atoms with Crippen LogP contribution in [0.4, 0.5) is 11.8 Å². The predicted molar refractivity (Wildman–Crippen MR) is 125 cm³/mol. The number of halogens is 1. The van der Waals surface area contributed by atoms with Crippen molar-refractivity contribution >= 4 is 34.2 Å². The van der Waals surface area contributed by atoms with Crippen molar-refractivity contribution in [2.75, 3.05) is 16.8 Å². The Morgan fingerprint density at radius 3 is 2.53 bits per heavy atom. The van der Waals surface area contributed by atoms with Gasteiger partial charge in [-0.2, -0.15) is 4.98 Å². The summed E-state index contributed by atoms with van der Waals surface area (Å²) < 4.78 is 13.0. The summed E-state index contributed by atoms with van der Waals surface area (Å²) >= 11 is 6.08. The first kappa shape index (κ1) is 19.7. The Bertz CT molecular complexity index is 1100. The van der Waals surface area contributed by atoms with Gasteiger partial charge in [-0.15, -0.1) is 0 Å². The average Bonchev–Trinajstić information content (AvgIpc) is 3.52. The van der Waals surface area contributed by atoms with Gasteiger partial charge in [-0.25, -0.2) is 4.98 Å². The lowest BCUT2D eigenvalue weighted by Crippen LogP contribution is -2.61. The number of hydrogen-bond donors (Lipinski definition) is 2. The number of nitrogens with one attached hydrogen (secondary N) is 1. The highest BCUT2D eigenvalue weighted by Crippen LogP contribution is 2.57. The lowest BCUT2D eigenvalue weighted by atomic mass is 9.71. The van der Waals surface area contributed by atoms with Crippen LogP contribution in [0.15, 0.2) is 29.2 Å². The van der Waals surface area contributed by atoms with Gasteiger partial charge in [-0.1, -0.05) is 23.7 Å². The highest BCUT2D eigenvalue weighted by Gasteiger charge is 2.55. The van der Waals surface area contributed by atoms with Gasteiger partial charge in [0.05, 0.1) is 28.6 Å². The zero-order valence-corrected chi connectivity index (χ0v) is 19.4. The molecular formula is C24H27ClN4O2S. The van der Waals surface area contributed by atoms with Gasteiger partial charge in [0.25, 0.3) is 0 Å². The first-order valence-electron chi connectivity index (χ1n) is 11.8. The predicted octanol–water partition coefficient (Wildman–Crippen LogP) is 3.96. The van der Waals surface area contributed by atoms with Crippen LogP contribution in [0.3, 0.4) is 0 Å².